The number of carbonyl (C=O) groups is 2. The minimum Gasteiger partial charge on any atom is -0.355 e. The largest absolute Gasteiger partial charge is 0.355 e. The summed E-state index contributed by atoms with van der Waals surface area (Å²) in [7, 11) is 1.52. The topological polar surface area (TPSA) is 72.0 Å². The Kier molecular flexibility index (Phi) is 9.48. The second kappa shape index (κ2) is 11.4. The van der Waals surface area contributed by atoms with Gasteiger partial charge in [-0.2, -0.15) is 0 Å². The summed E-state index contributed by atoms with van der Waals surface area (Å²) >= 11 is 2.30. The van der Waals surface area contributed by atoms with Gasteiger partial charge in [0.05, 0.1) is 9.81 Å². The number of allylic oxidation sites excluding steroid dienone is 1. The summed E-state index contributed by atoms with van der Waals surface area (Å²) in [5, 5.41) is 3.83. The molecule has 126 valence electrons. The van der Waals surface area contributed by atoms with Crippen LogP contribution in [0.15, 0.2) is 68.7 Å². The van der Waals surface area contributed by atoms with Crippen LogP contribution in [0.5, 0.6) is 0 Å². The maximum Gasteiger partial charge on any atom is 0.259 e. The van der Waals surface area contributed by atoms with Crippen molar-refractivity contribution in [1.29, 1.82) is 0 Å². The minimum atomic E-state index is -0.332. The summed E-state index contributed by atoms with van der Waals surface area (Å²) in [6.07, 6.45) is 3.94. The zero-order valence-corrected chi connectivity index (χ0v) is 15.4. The number of pyridine rings is 2. The Hall–Kier alpha value is -2.12. The first-order valence-electron chi connectivity index (χ1n) is 7.34. The lowest BCUT2D eigenvalue weighted by Gasteiger charge is -2.09. The first-order chi connectivity index (χ1) is 11.7. The lowest BCUT2D eigenvalue weighted by Crippen LogP contribution is -2.20. The molecule has 1 amide bonds. The van der Waals surface area contributed by atoms with Gasteiger partial charge in [-0.1, -0.05) is 49.5 Å². The Labute approximate surface area is 150 Å². The van der Waals surface area contributed by atoms with Crippen LogP contribution >= 0.6 is 23.5 Å². The van der Waals surface area contributed by atoms with Crippen LogP contribution in [0, 0.1) is 0 Å². The molecule has 0 spiro atoms. The smallest absolute Gasteiger partial charge is 0.259 e. The number of nitrogens with zero attached hydrogens (tertiary/aromatic N) is 2. The number of hydrogen-bond donors (Lipinski definition) is 1. The molecule has 0 unspecified atom stereocenters. The van der Waals surface area contributed by atoms with Crippen LogP contribution in [0.2, 0.25) is 0 Å². The molecule has 24 heavy (non-hydrogen) atoms. The number of thioether (sulfide) groups is 2. The number of rotatable bonds is 6. The summed E-state index contributed by atoms with van der Waals surface area (Å²) in [5.41, 5.74) is 0. The molecular weight excluding hydrogens is 342 g/mol. The van der Waals surface area contributed by atoms with Crippen LogP contribution in [0.1, 0.15) is 13.8 Å². The number of carbonyl (C=O) groups excluding carboxylic acids is 2. The molecule has 0 saturated carbocycles. The van der Waals surface area contributed by atoms with Crippen LogP contribution in [0.3, 0.4) is 0 Å². The van der Waals surface area contributed by atoms with Gasteiger partial charge in [0.15, 0.2) is 6.29 Å². The summed E-state index contributed by atoms with van der Waals surface area (Å²) in [6.45, 7) is 4.00. The monoisotopic (exact) mass is 361 g/mol. The predicted octanol–water partition coefficient (Wildman–Crippen LogP) is 3.54. The van der Waals surface area contributed by atoms with Crippen molar-refractivity contribution in [3.8, 4) is 0 Å². The normalized spacial score (nSPS) is 10.8. The van der Waals surface area contributed by atoms with E-state index < -0.39 is 0 Å². The van der Waals surface area contributed by atoms with E-state index in [0.29, 0.717) is 26.1 Å². The summed E-state index contributed by atoms with van der Waals surface area (Å²) in [5.74, 6) is -0.332. The molecule has 7 heteroatoms. The third-order valence-corrected chi connectivity index (χ3v) is 4.62. The van der Waals surface area contributed by atoms with Crippen LogP contribution in [-0.4, -0.2) is 29.2 Å². The highest BCUT2D eigenvalue weighted by Gasteiger charge is 2.18. The first kappa shape index (κ1) is 19.9. The van der Waals surface area contributed by atoms with Crippen LogP contribution in [0.25, 0.3) is 0 Å². The SMILES string of the molecule is CC.CNC(=O)/C(Sc1ccccn1)=C(\C=O)Sc1ccccn1. The molecule has 2 heterocycles. The molecule has 0 atom stereocenters. The highest BCUT2D eigenvalue weighted by atomic mass is 32.2. The van der Waals surface area contributed by atoms with Gasteiger partial charge in [0.25, 0.3) is 5.91 Å². The molecular formula is C17H19N3O2S2. The Morgan fingerprint density at radius 2 is 1.54 bits per heavy atom. The Balaban J connectivity index is 0.00000139. The molecule has 0 aliphatic carbocycles. The van der Waals surface area contributed by atoms with Crippen molar-refractivity contribution >= 4 is 35.7 Å². The van der Waals surface area contributed by atoms with Crippen LogP contribution in [-0.2, 0) is 9.59 Å². The second-order valence-corrected chi connectivity index (χ2v) is 6.02. The van der Waals surface area contributed by atoms with Crippen LogP contribution in [0.4, 0.5) is 0 Å². The molecule has 0 aliphatic rings. The minimum absolute atomic E-state index is 0.298. The van der Waals surface area contributed by atoms with Crippen molar-refractivity contribution in [3.05, 3.63) is 58.6 Å². The molecule has 2 rings (SSSR count). The number of hydrogen-bond acceptors (Lipinski definition) is 6. The molecule has 0 fully saturated rings. The molecule has 0 aliphatic heterocycles. The van der Waals surface area contributed by atoms with Crippen LogP contribution < -0.4 is 5.32 Å². The number of aromatic nitrogens is 2. The average Bonchev–Trinajstić information content (AvgIpc) is 2.67. The molecule has 1 N–H and O–H groups in total. The standard InChI is InChI=1S/C15H13N3O2S2.C2H6/c1-16-15(20)14(22-13-7-3-5-9-18-13)11(10-19)21-12-6-2-4-8-17-12;1-2/h2-10H,1H3,(H,16,20);1-2H3/b14-11-;. The molecule has 0 bridgehead atoms. The predicted molar refractivity (Wildman–Crippen MR) is 98.7 cm³/mol. The van der Waals surface area contributed by atoms with E-state index in [0.717, 1.165) is 23.5 Å². The van der Waals surface area contributed by atoms with E-state index >= 15 is 0 Å². The fraction of sp³-hybridized carbons (Fsp3) is 0.176. The maximum atomic E-state index is 12.1. The number of amides is 1. The van der Waals surface area contributed by atoms with Gasteiger partial charge in [0.1, 0.15) is 10.1 Å². The third-order valence-electron chi connectivity index (χ3n) is 2.46. The number of nitrogens with one attached hydrogen (secondary N) is 1. The summed E-state index contributed by atoms with van der Waals surface area (Å²) in [4.78, 5) is 32.5. The zero-order valence-electron chi connectivity index (χ0n) is 13.7. The van der Waals surface area contributed by atoms with Gasteiger partial charge in [0.2, 0.25) is 0 Å². The maximum absolute atomic E-state index is 12.1. The van der Waals surface area contributed by atoms with E-state index in [4.69, 9.17) is 0 Å². The Morgan fingerprint density at radius 3 is 1.96 bits per heavy atom. The third kappa shape index (κ3) is 6.17. The van der Waals surface area contributed by atoms with Gasteiger partial charge in [-0.25, -0.2) is 9.97 Å². The van der Waals surface area contributed by atoms with Crippen molar-refractivity contribution in [3.63, 3.8) is 0 Å². The highest BCUT2D eigenvalue weighted by Crippen LogP contribution is 2.34. The fourth-order valence-electron chi connectivity index (χ4n) is 1.48. The van der Waals surface area contributed by atoms with Gasteiger partial charge in [-0.15, -0.1) is 0 Å². The van der Waals surface area contributed by atoms with Gasteiger partial charge >= 0.3 is 0 Å². The van der Waals surface area contributed by atoms with E-state index in [2.05, 4.69) is 15.3 Å². The van der Waals surface area contributed by atoms with Crippen molar-refractivity contribution < 1.29 is 9.59 Å². The van der Waals surface area contributed by atoms with Gasteiger partial charge in [0, 0.05) is 19.4 Å². The second-order valence-electron chi connectivity index (χ2n) is 3.93. The van der Waals surface area contributed by atoms with Gasteiger partial charge < -0.3 is 5.32 Å². The number of likely N-dealkylation sites (N-methyl/N-ethyl adjacent to an activating group) is 1. The first-order valence-corrected chi connectivity index (χ1v) is 8.97. The number of aldehydes is 1. The highest BCUT2D eigenvalue weighted by molar-refractivity contribution is 8.07. The van der Waals surface area contributed by atoms with Gasteiger partial charge in [-0.3, -0.25) is 9.59 Å². The Bertz CT molecular complexity index is 677. The average molecular weight is 361 g/mol. The summed E-state index contributed by atoms with van der Waals surface area (Å²) in [6, 6.07) is 10.8. The van der Waals surface area contributed by atoms with Crippen molar-refractivity contribution in [2.45, 2.75) is 23.9 Å². The molecule has 0 saturated heterocycles. The fourth-order valence-corrected chi connectivity index (χ4v) is 3.26. The van der Waals surface area contributed by atoms with E-state index in [1.807, 2.05) is 26.0 Å². The van der Waals surface area contributed by atoms with Crippen molar-refractivity contribution in [1.82, 2.24) is 15.3 Å². The molecule has 2 aromatic heterocycles. The molecule has 0 radical (unpaired) electrons. The van der Waals surface area contributed by atoms with Crippen molar-refractivity contribution in [2.24, 2.45) is 0 Å². The van der Waals surface area contributed by atoms with Crippen molar-refractivity contribution in [2.75, 3.05) is 7.05 Å². The lowest BCUT2D eigenvalue weighted by molar-refractivity contribution is -0.116. The van der Waals surface area contributed by atoms with E-state index in [-0.39, 0.29) is 5.91 Å². The molecule has 2 aromatic rings. The molecule has 5 nitrogen and oxygen atoms in total. The van der Waals surface area contributed by atoms with E-state index in [1.54, 1.807) is 36.7 Å². The van der Waals surface area contributed by atoms with E-state index in [1.165, 1.54) is 7.05 Å². The lowest BCUT2D eigenvalue weighted by atomic mass is 10.5. The van der Waals surface area contributed by atoms with Gasteiger partial charge in [-0.05, 0) is 24.3 Å². The zero-order chi connectivity index (χ0) is 17.8. The quantitative estimate of drug-likeness (QED) is 0.482. The van der Waals surface area contributed by atoms with E-state index in [9.17, 15) is 9.59 Å². The molecule has 0 aromatic carbocycles. The summed E-state index contributed by atoms with van der Waals surface area (Å²) < 4.78 is 0. The Morgan fingerprint density at radius 1 is 1.00 bits per heavy atom.